The van der Waals surface area contributed by atoms with Crippen LogP contribution < -0.4 is 5.73 Å². The highest BCUT2D eigenvalue weighted by Crippen LogP contribution is 2.33. The molecule has 4 nitrogen and oxygen atoms in total. The van der Waals surface area contributed by atoms with Crippen LogP contribution in [0, 0.1) is 0 Å². The molecule has 26 heavy (non-hydrogen) atoms. The number of fused-ring (bicyclic) bond motifs is 1. The maximum atomic E-state index is 11.6. The van der Waals surface area contributed by atoms with Gasteiger partial charge in [0.05, 0.1) is 17.1 Å². The molecule has 0 radical (unpaired) electrons. The first-order valence-electron chi connectivity index (χ1n) is 8.22. The van der Waals surface area contributed by atoms with Gasteiger partial charge in [-0.15, -0.1) is 0 Å². The summed E-state index contributed by atoms with van der Waals surface area (Å²) in [6, 6.07) is 23.0. The van der Waals surface area contributed by atoms with Crippen LogP contribution in [0.4, 0.5) is 0 Å². The van der Waals surface area contributed by atoms with Gasteiger partial charge in [-0.3, -0.25) is 9.48 Å². The molecule has 1 heterocycles. The van der Waals surface area contributed by atoms with Crippen LogP contribution in [0.3, 0.4) is 0 Å². The highest BCUT2D eigenvalue weighted by atomic mass is 35.5. The van der Waals surface area contributed by atoms with Gasteiger partial charge >= 0.3 is 0 Å². The van der Waals surface area contributed by atoms with Crippen molar-refractivity contribution in [3.63, 3.8) is 0 Å². The van der Waals surface area contributed by atoms with Crippen LogP contribution in [-0.2, 0) is 6.54 Å². The normalized spacial score (nSPS) is 11.0. The van der Waals surface area contributed by atoms with E-state index in [1.165, 1.54) is 0 Å². The zero-order valence-electron chi connectivity index (χ0n) is 13.9. The average molecular weight is 362 g/mol. The number of hydrogen-bond acceptors (Lipinski definition) is 2. The van der Waals surface area contributed by atoms with Gasteiger partial charge in [0, 0.05) is 16.5 Å². The van der Waals surface area contributed by atoms with E-state index in [-0.39, 0.29) is 0 Å². The monoisotopic (exact) mass is 361 g/mol. The van der Waals surface area contributed by atoms with Crippen LogP contribution in [0.5, 0.6) is 0 Å². The lowest BCUT2D eigenvalue weighted by Gasteiger charge is -2.04. The molecule has 5 heteroatoms. The highest BCUT2D eigenvalue weighted by molar-refractivity contribution is 6.33. The molecule has 0 aliphatic rings. The first kappa shape index (κ1) is 16.4. The van der Waals surface area contributed by atoms with Crippen molar-refractivity contribution in [1.29, 1.82) is 0 Å². The molecule has 0 fully saturated rings. The second kappa shape index (κ2) is 6.65. The molecule has 3 aromatic carbocycles. The molecule has 128 valence electrons. The van der Waals surface area contributed by atoms with Crippen LogP contribution in [-0.4, -0.2) is 15.7 Å². The fourth-order valence-electron chi connectivity index (χ4n) is 3.06. The van der Waals surface area contributed by atoms with E-state index in [0.717, 1.165) is 27.7 Å². The SMILES string of the molecule is NC(=O)c1ccc2c(-c3ccccc3Cl)nn(Cc3ccccc3)c2c1. The second-order valence-electron chi connectivity index (χ2n) is 6.07. The molecule has 0 atom stereocenters. The summed E-state index contributed by atoms with van der Waals surface area (Å²) in [5.74, 6) is -0.460. The number of amides is 1. The topological polar surface area (TPSA) is 60.9 Å². The Hall–Kier alpha value is -3.11. The molecular weight excluding hydrogens is 346 g/mol. The maximum absolute atomic E-state index is 11.6. The lowest BCUT2D eigenvalue weighted by Crippen LogP contribution is -2.11. The van der Waals surface area contributed by atoms with Crippen molar-refractivity contribution >= 4 is 28.4 Å². The Morgan fingerprint density at radius 1 is 1.00 bits per heavy atom. The third-order valence-electron chi connectivity index (χ3n) is 4.34. The number of hydrogen-bond donors (Lipinski definition) is 1. The predicted octanol–water partition coefficient (Wildman–Crippen LogP) is 4.50. The van der Waals surface area contributed by atoms with Crippen LogP contribution in [0.15, 0.2) is 72.8 Å². The van der Waals surface area contributed by atoms with E-state index in [1.807, 2.05) is 65.3 Å². The Morgan fingerprint density at radius 3 is 2.46 bits per heavy atom. The molecule has 2 N–H and O–H groups in total. The zero-order valence-corrected chi connectivity index (χ0v) is 14.6. The average Bonchev–Trinajstić information content (AvgIpc) is 3.00. The second-order valence-corrected chi connectivity index (χ2v) is 6.48. The van der Waals surface area contributed by atoms with Crippen LogP contribution >= 0.6 is 11.6 Å². The summed E-state index contributed by atoms with van der Waals surface area (Å²) >= 11 is 6.39. The van der Waals surface area contributed by atoms with E-state index in [2.05, 4.69) is 0 Å². The van der Waals surface area contributed by atoms with Crippen molar-refractivity contribution in [1.82, 2.24) is 9.78 Å². The van der Waals surface area contributed by atoms with E-state index in [4.69, 9.17) is 22.4 Å². The molecule has 0 saturated heterocycles. The Labute approximate surface area is 155 Å². The third kappa shape index (κ3) is 2.95. The van der Waals surface area contributed by atoms with E-state index in [0.29, 0.717) is 17.1 Å². The van der Waals surface area contributed by atoms with Crippen LogP contribution in [0.25, 0.3) is 22.2 Å². The third-order valence-corrected chi connectivity index (χ3v) is 4.67. The van der Waals surface area contributed by atoms with E-state index in [9.17, 15) is 4.79 Å². The van der Waals surface area contributed by atoms with Crippen LogP contribution in [0.2, 0.25) is 5.02 Å². The van der Waals surface area contributed by atoms with Crippen molar-refractivity contribution in [3.05, 3.63) is 88.9 Å². The van der Waals surface area contributed by atoms with Gasteiger partial charge in [-0.05, 0) is 29.8 Å². The van der Waals surface area contributed by atoms with Gasteiger partial charge in [-0.25, -0.2) is 0 Å². The Kier molecular flexibility index (Phi) is 4.19. The highest BCUT2D eigenvalue weighted by Gasteiger charge is 2.16. The summed E-state index contributed by atoms with van der Waals surface area (Å²) in [6.45, 7) is 0.587. The standard InChI is InChI=1S/C21H16ClN3O/c22-18-9-5-4-8-16(18)20-17-11-10-15(21(23)26)12-19(17)25(24-20)13-14-6-2-1-3-7-14/h1-12H,13H2,(H2,23,26). The van der Waals surface area contributed by atoms with Gasteiger partial charge in [0.25, 0.3) is 0 Å². The Bertz CT molecular complexity index is 1100. The number of aromatic nitrogens is 2. The fraction of sp³-hybridized carbons (Fsp3) is 0.0476. The smallest absolute Gasteiger partial charge is 0.248 e. The summed E-state index contributed by atoms with van der Waals surface area (Å²) in [7, 11) is 0. The van der Waals surface area contributed by atoms with Crippen molar-refractivity contribution < 1.29 is 4.79 Å². The molecule has 0 unspecified atom stereocenters. The van der Waals surface area contributed by atoms with Crippen molar-refractivity contribution in [2.45, 2.75) is 6.54 Å². The molecule has 0 bridgehead atoms. The lowest BCUT2D eigenvalue weighted by atomic mass is 10.1. The molecule has 1 aromatic heterocycles. The first-order chi connectivity index (χ1) is 12.6. The minimum atomic E-state index is -0.460. The van der Waals surface area contributed by atoms with Gasteiger partial charge in [0.15, 0.2) is 0 Å². The van der Waals surface area contributed by atoms with E-state index in [1.54, 1.807) is 12.1 Å². The van der Waals surface area contributed by atoms with Crippen molar-refractivity contribution in [3.8, 4) is 11.3 Å². The minimum absolute atomic E-state index is 0.456. The number of primary amides is 1. The van der Waals surface area contributed by atoms with Gasteiger partial charge in [0.1, 0.15) is 5.69 Å². The quantitative estimate of drug-likeness (QED) is 0.581. The van der Waals surface area contributed by atoms with Crippen molar-refractivity contribution in [2.24, 2.45) is 5.73 Å². The summed E-state index contributed by atoms with van der Waals surface area (Å²) < 4.78 is 1.88. The largest absolute Gasteiger partial charge is 0.366 e. The molecule has 0 saturated carbocycles. The summed E-state index contributed by atoms with van der Waals surface area (Å²) in [6.07, 6.45) is 0. The number of nitrogens with zero attached hydrogens (tertiary/aromatic N) is 2. The molecule has 4 rings (SSSR count). The molecule has 0 spiro atoms. The Morgan fingerprint density at radius 2 is 1.73 bits per heavy atom. The number of halogens is 1. The minimum Gasteiger partial charge on any atom is -0.366 e. The van der Waals surface area contributed by atoms with Gasteiger partial charge in [-0.1, -0.05) is 60.1 Å². The van der Waals surface area contributed by atoms with Gasteiger partial charge < -0.3 is 5.73 Å². The van der Waals surface area contributed by atoms with Crippen LogP contribution in [0.1, 0.15) is 15.9 Å². The number of carbonyl (C=O) groups excluding carboxylic acids is 1. The summed E-state index contributed by atoms with van der Waals surface area (Å²) in [5, 5.41) is 6.36. The molecule has 1 amide bonds. The van der Waals surface area contributed by atoms with Crippen molar-refractivity contribution in [2.75, 3.05) is 0 Å². The number of nitrogens with two attached hydrogens (primary N) is 1. The van der Waals surface area contributed by atoms with E-state index >= 15 is 0 Å². The first-order valence-corrected chi connectivity index (χ1v) is 8.60. The predicted molar refractivity (Wildman–Crippen MR) is 104 cm³/mol. The summed E-state index contributed by atoms with van der Waals surface area (Å²) in [5.41, 5.74) is 9.53. The summed E-state index contributed by atoms with van der Waals surface area (Å²) in [4.78, 5) is 11.6. The fourth-order valence-corrected chi connectivity index (χ4v) is 3.28. The Balaban J connectivity index is 1.93. The molecular formula is C21H16ClN3O. The lowest BCUT2D eigenvalue weighted by molar-refractivity contribution is 0.100. The number of rotatable bonds is 4. The molecule has 4 aromatic rings. The molecule has 0 aliphatic heterocycles. The number of carbonyl (C=O) groups is 1. The van der Waals surface area contributed by atoms with Gasteiger partial charge in [-0.2, -0.15) is 5.10 Å². The van der Waals surface area contributed by atoms with E-state index < -0.39 is 5.91 Å². The zero-order chi connectivity index (χ0) is 18.1. The van der Waals surface area contributed by atoms with Gasteiger partial charge in [0.2, 0.25) is 5.91 Å². The number of benzene rings is 3. The molecule has 0 aliphatic carbocycles. The maximum Gasteiger partial charge on any atom is 0.248 e.